The monoisotopic (exact) mass is 380 g/mol. The first-order valence-electron chi connectivity index (χ1n) is 6.09. The molecule has 0 amide bonds. The van der Waals surface area contributed by atoms with Gasteiger partial charge in [-0.3, -0.25) is 4.99 Å². The van der Waals surface area contributed by atoms with Crippen LogP contribution in [-0.4, -0.2) is 50.6 Å². The predicted molar refractivity (Wildman–Crippen MR) is 90.6 cm³/mol. The van der Waals surface area contributed by atoms with E-state index in [1.165, 1.54) is 5.00 Å². The van der Waals surface area contributed by atoms with Crippen LogP contribution in [0.2, 0.25) is 0 Å². The minimum Gasteiger partial charge on any atom is -0.360 e. The molecule has 102 valence electrons. The molecule has 6 heteroatoms. The predicted octanol–water partition coefficient (Wildman–Crippen LogP) is 2.08. The summed E-state index contributed by atoms with van der Waals surface area (Å²) in [7, 11) is 1.85. The summed E-state index contributed by atoms with van der Waals surface area (Å²) in [6.07, 6.45) is 0. The standard InChI is InChI=1S/C12H20N4S.HI/c1-3-14-12(13-2)16-8-6-15(7-9-16)11-5-4-10-17-11;/h4-5,10H,3,6-9H2,1-2H3,(H,13,14);1H. The highest BCUT2D eigenvalue weighted by atomic mass is 127. The van der Waals surface area contributed by atoms with Gasteiger partial charge < -0.3 is 15.1 Å². The highest BCUT2D eigenvalue weighted by molar-refractivity contribution is 14.0. The number of piperazine rings is 1. The Kier molecular flexibility index (Phi) is 6.77. The first-order chi connectivity index (χ1) is 8.35. The quantitative estimate of drug-likeness (QED) is 0.484. The number of nitrogens with zero attached hydrogens (tertiary/aromatic N) is 3. The molecule has 4 nitrogen and oxygen atoms in total. The lowest BCUT2D eigenvalue weighted by atomic mass is 10.3. The molecule has 0 aromatic carbocycles. The third kappa shape index (κ3) is 3.74. The molecule has 0 aliphatic carbocycles. The van der Waals surface area contributed by atoms with Gasteiger partial charge in [0.05, 0.1) is 5.00 Å². The second kappa shape index (κ2) is 7.83. The average molecular weight is 380 g/mol. The van der Waals surface area contributed by atoms with Gasteiger partial charge in [-0.1, -0.05) is 0 Å². The van der Waals surface area contributed by atoms with Gasteiger partial charge >= 0.3 is 0 Å². The molecule has 1 aliphatic heterocycles. The third-order valence-corrected chi connectivity index (χ3v) is 3.87. The summed E-state index contributed by atoms with van der Waals surface area (Å²) in [4.78, 5) is 9.08. The van der Waals surface area contributed by atoms with Gasteiger partial charge in [0.2, 0.25) is 0 Å². The fraction of sp³-hybridized carbons (Fsp3) is 0.583. The highest BCUT2D eigenvalue weighted by Crippen LogP contribution is 2.22. The molecule has 0 unspecified atom stereocenters. The lowest BCUT2D eigenvalue weighted by Gasteiger charge is -2.36. The van der Waals surface area contributed by atoms with E-state index in [0.717, 1.165) is 38.7 Å². The average Bonchev–Trinajstić information content (AvgIpc) is 2.90. The Morgan fingerprint density at radius 2 is 2.11 bits per heavy atom. The molecule has 1 aliphatic rings. The summed E-state index contributed by atoms with van der Waals surface area (Å²) in [5, 5.41) is 6.83. The molecule has 0 radical (unpaired) electrons. The Labute approximate surface area is 130 Å². The van der Waals surface area contributed by atoms with Crippen LogP contribution in [0, 0.1) is 0 Å². The van der Waals surface area contributed by atoms with Crippen LogP contribution < -0.4 is 10.2 Å². The normalized spacial score (nSPS) is 16.4. The molecule has 1 aromatic rings. The molecular formula is C12H21IN4S. The van der Waals surface area contributed by atoms with Crippen molar-refractivity contribution in [3.63, 3.8) is 0 Å². The summed E-state index contributed by atoms with van der Waals surface area (Å²) >= 11 is 1.82. The number of nitrogens with one attached hydrogen (secondary N) is 1. The Morgan fingerprint density at radius 1 is 1.39 bits per heavy atom. The van der Waals surface area contributed by atoms with Crippen LogP contribution in [0.5, 0.6) is 0 Å². The topological polar surface area (TPSA) is 30.9 Å². The summed E-state index contributed by atoms with van der Waals surface area (Å²) < 4.78 is 0. The number of hydrogen-bond acceptors (Lipinski definition) is 3. The van der Waals surface area contributed by atoms with Gasteiger partial charge in [0.1, 0.15) is 0 Å². The molecule has 1 fully saturated rings. The maximum absolute atomic E-state index is 4.30. The van der Waals surface area contributed by atoms with Crippen LogP contribution in [-0.2, 0) is 0 Å². The fourth-order valence-electron chi connectivity index (χ4n) is 2.08. The zero-order valence-corrected chi connectivity index (χ0v) is 14.1. The minimum absolute atomic E-state index is 0. The Balaban J connectivity index is 0.00000162. The van der Waals surface area contributed by atoms with Crippen molar-refractivity contribution in [2.75, 3.05) is 44.7 Å². The largest absolute Gasteiger partial charge is 0.360 e. The molecule has 0 bridgehead atoms. The lowest BCUT2D eigenvalue weighted by molar-refractivity contribution is 0.374. The van der Waals surface area contributed by atoms with E-state index in [0.29, 0.717) is 0 Å². The smallest absolute Gasteiger partial charge is 0.193 e. The van der Waals surface area contributed by atoms with Crippen molar-refractivity contribution in [1.29, 1.82) is 0 Å². The number of hydrogen-bond donors (Lipinski definition) is 1. The fourth-order valence-corrected chi connectivity index (χ4v) is 2.86. The molecule has 0 spiro atoms. The van der Waals surface area contributed by atoms with E-state index in [1.807, 2.05) is 18.4 Å². The lowest BCUT2D eigenvalue weighted by Crippen LogP contribution is -2.52. The number of rotatable bonds is 2. The van der Waals surface area contributed by atoms with Crippen molar-refractivity contribution >= 4 is 46.3 Å². The Hall–Kier alpha value is -0.500. The second-order valence-corrected chi connectivity index (χ2v) is 4.93. The maximum atomic E-state index is 4.30. The highest BCUT2D eigenvalue weighted by Gasteiger charge is 2.19. The van der Waals surface area contributed by atoms with E-state index in [1.54, 1.807) is 0 Å². The van der Waals surface area contributed by atoms with Crippen LogP contribution in [0.25, 0.3) is 0 Å². The Morgan fingerprint density at radius 3 is 2.61 bits per heavy atom. The molecule has 0 saturated carbocycles. The first kappa shape index (κ1) is 15.6. The van der Waals surface area contributed by atoms with E-state index in [2.05, 4.69) is 44.5 Å². The molecule has 18 heavy (non-hydrogen) atoms. The summed E-state index contributed by atoms with van der Waals surface area (Å²) in [5.74, 6) is 1.03. The van der Waals surface area contributed by atoms with E-state index in [9.17, 15) is 0 Å². The number of guanidine groups is 1. The Bertz CT molecular complexity index is 358. The first-order valence-corrected chi connectivity index (χ1v) is 6.97. The molecular weight excluding hydrogens is 359 g/mol. The third-order valence-electron chi connectivity index (χ3n) is 2.94. The van der Waals surface area contributed by atoms with Crippen molar-refractivity contribution in [3.05, 3.63) is 17.5 Å². The zero-order valence-electron chi connectivity index (χ0n) is 10.9. The van der Waals surface area contributed by atoms with Gasteiger partial charge in [-0.25, -0.2) is 0 Å². The van der Waals surface area contributed by atoms with Crippen LogP contribution in [0.4, 0.5) is 5.00 Å². The molecule has 2 rings (SSSR count). The van der Waals surface area contributed by atoms with Gasteiger partial charge in [-0.15, -0.1) is 35.3 Å². The van der Waals surface area contributed by atoms with Crippen LogP contribution >= 0.6 is 35.3 Å². The van der Waals surface area contributed by atoms with Crippen LogP contribution in [0.3, 0.4) is 0 Å². The number of anilines is 1. The van der Waals surface area contributed by atoms with Crippen LogP contribution in [0.15, 0.2) is 22.5 Å². The number of aliphatic imine (C=N–C) groups is 1. The van der Waals surface area contributed by atoms with Gasteiger partial charge in [0.25, 0.3) is 0 Å². The summed E-state index contributed by atoms with van der Waals surface area (Å²) in [5.41, 5.74) is 0. The van der Waals surface area contributed by atoms with Crippen LogP contribution in [0.1, 0.15) is 6.92 Å². The van der Waals surface area contributed by atoms with Gasteiger partial charge in [0.15, 0.2) is 5.96 Å². The molecule has 2 heterocycles. The summed E-state index contributed by atoms with van der Waals surface area (Å²) in [6, 6.07) is 4.31. The van der Waals surface area contributed by atoms with Crippen molar-refractivity contribution in [2.24, 2.45) is 4.99 Å². The number of halogens is 1. The van der Waals surface area contributed by atoms with Gasteiger partial charge in [0, 0.05) is 39.8 Å². The molecule has 1 N–H and O–H groups in total. The van der Waals surface area contributed by atoms with E-state index in [4.69, 9.17) is 0 Å². The van der Waals surface area contributed by atoms with E-state index < -0.39 is 0 Å². The van der Waals surface area contributed by atoms with E-state index in [-0.39, 0.29) is 24.0 Å². The van der Waals surface area contributed by atoms with Crippen molar-refractivity contribution in [2.45, 2.75) is 6.92 Å². The minimum atomic E-state index is 0. The second-order valence-electron chi connectivity index (χ2n) is 4.00. The van der Waals surface area contributed by atoms with Gasteiger partial charge in [-0.2, -0.15) is 0 Å². The maximum Gasteiger partial charge on any atom is 0.193 e. The van der Waals surface area contributed by atoms with Gasteiger partial charge in [-0.05, 0) is 24.4 Å². The van der Waals surface area contributed by atoms with Crippen molar-refractivity contribution in [3.8, 4) is 0 Å². The molecule has 0 atom stereocenters. The molecule has 1 saturated heterocycles. The van der Waals surface area contributed by atoms with Crippen molar-refractivity contribution < 1.29 is 0 Å². The molecule has 1 aromatic heterocycles. The number of thiophene rings is 1. The van der Waals surface area contributed by atoms with Crippen molar-refractivity contribution in [1.82, 2.24) is 10.2 Å². The van der Waals surface area contributed by atoms with E-state index >= 15 is 0 Å². The SMILES string of the molecule is CCNC(=NC)N1CCN(c2cccs2)CC1.I. The zero-order chi connectivity index (χ0) is 12.1. The summed E-state index contributed by atoms with van der Waals surface area (Å²) in [6.45, 7) is 7.26.